The Balaban J connectivity index is 1.45. The van der Waals surface area contributed by atoms with Gasteiger partial charge in [0.05, 0.1) is 29.0 Å². The van der Waals surface area contributed by atoms with Crippen LogP contribution in [0, 0.1) is 0 Å². The highest BCUT2D eigenvalue weighted by Gasteiger charge is 2.17. The molecule has 3 aromatic rings. The molecule has 1 atom stereocenters. The summed E-state index contributed by atoms with van der Waals surface area (Å²) in [7, 11) is 0. The summed E-state index contributed by atoms with van der Waals surface area (Å²) in [5, 5.41) is 3.30. The number of para-hydroxylation sites is 3. The lowest BCUT2D eigenvalue weighted by Gasteiger charge is -2.15. The van der Waals surface area contributed by atoms with Gasteiger partial charge >= 0.3 is 0 Å². The van der Waals surface area contributed by atoms with Crippen molar-refractivity contribution in [1.29, 1.82) is 0 Å². The van der Waals surface area contributed by atoms with E-state index in [1.54, 1.807) is 30.3 Å². The first kappa shape index (κ1) is 18.2. The number of hydrogen-bond donors (Lipinski definition) is 1. The monoisotopic (exact) mass is 379 g/mol. The Morgan fingerprint density at radius 3 is 2.89 bits per heavy atom. The number of anilines is 1. The number of aromatic nitrogens is 2. The van der Waals surface area contributed by atoms with Gasteiger partial charge in [0.25, 0.3) is 5.56 Å². The van der Waals surface area contributed by atoms with E-state index in [4.69, 9.17) is 9.47 Å². The number of nitrogens with one attached hydrogen (secondary N) is 1. The molecule has 1 N–H and O–H groups in total. The van der Waals surface area contributed by atoms with Gasteiger partial charge in [0.1, 0.15) is 18.9 Å². The van der Waals surface area contributed by atoms with Crippen molar-refractivity contribution in [2.75, 3.05) is 18.5 Å². The number of carbonyl (C=O) groups excluding carboxylic acids is 1. The van der Waals surface area contributed by atoms with Gasteiger partial charge in [-0.3, -0.25) is 14.2 Å². The minimum atomic E-state index is -0.327. The van der Waals surface area contributed by atoms with Crippen molar-refractivity contribution in [2.24, 2.45) is 0 Å². The first-order chi connectivity index (χ1) is 13.7. The van der Waals surface area contributed by atoms with Crippen LogP contribution in [-0.4, -0.2) is 34.8 Å². The molecule has 1 fully saturated rings. The van der Waals surface area contributed by atoms with Crippen molar-refractivity contribution in [1.82, 2.24) is 9.55 Å². The Bertz CT molecular complexity index is 1040. The van der Waals surface area contributed by atoms with Gasteiger partial charge in [-0.05, 0) is 37.1 Å². The van der Waals surface area contributed by atoms with Crippen LogP contribution in [0.4, 0.5) is 5.69 Å². The molecule has 2 aromatic carbocycles. The number of fused-ring (bicyclic) bond motifs is 1. The molecule has 1 amide bonds. The van der Waals surface area contributed by atoms with Crippen molar-refractivity contribution in [3.8, 4) is 5.75 Å². The fourth-order valence-electron chi connectivity index (χ4n) is 3.22. The van der Waals surface area contributed by atoms with E-state index in [2.05, 4.69) is 10.3 Å². The van der Waals surface area contributed by atoms with Gasteiger partial charge in [-0.15, -0.1) is 0 Å². The molecule has 0 aliphatic carbocycles. The minimum Gasteiger partial charge on any atom is -0.489 e. The summed E-state index contributed by atoms with van der Waals surface area (Å²) in [6, 6.07) is 14.3. The van der Waals surface area contributed by atoms with Gasteiger partial charge in [-0.2, -0.15) is 0 Å². The number of amides is 1. The van der Waals surface area contributed by atoms with Gasteiger partial charge in [0.2, 0.25) is 5.91 Å². The third-order valence-corrected chi connectivity index (χ3v) is 4.66. The van der Waals surface area contributed by atoms with Gasteiger partial charge in [0.15, 0.2) is 0 Å². The lowest BCUT2D eigenvalue weighted by Crippen LogP contribution is -2.28. The molecule has 1 saturated heterocycles. The van der Waals surface area contributed by atoms with Crippen LogP contribution in [0.15, 0.2) is 59.7 Å². The third-order valence-electron chi connectivity index (χ3n) is 4.66. The predicted molar refractivity (Wildman–Crippen MR) is 106 cm³/mol. The quantitative estimate of drug-likeness (QED) is 0.712. The number of carbonyl (C=O) groups is 1. The summed E-state index contributed by atoms with van der Waals surface area (Å²) in [5.74, 6) is 0.252. The van der Waals surface area contributed by atoms with E-state index in [1.165, 1.54) is 10.9 Å². The minimum absolute atomic E-state index is 0.0889. The SMILES string of the molecule is O=C(Cn1cnc2ccccc2c1=O)Nc1ccccc1OCC1CCCO1. The molecule has 0 radical (unpaired) electrons. The summed E-state index contributed by atoms with van der Waals surface area (Å²) in [4.78, 5) is 29.3. The van der Waals surface area contributed by atoms with Crippen LogP contribution < -0.4 is 15.6 Å². The van der Waals surface area contributed by atoms with Gasteiger partial charge in [-0.1, -0.05) is 24.3 Å². The molecule has 1 aliphatic heterocycles. The van der Waals surface area contributed by atoms with Crippen LogP contribution in [0.5, 0.6) is 5.75 Å². The number of hydrogen-bond acceptors (Lipinski definition) is 5. The molecular weight excluding hydrogens is 358 g/mol. The van der Waals surface area contributed by atoms with E-state index >= 15 is 0 Å². The van der Waals surface area contributed by atoms with Crippen LogP contribution >= 0.6 is 0 Å². The average molecular weight is 379 g/mol. The Morgan fingerprint density at radius 2 is 2.04 bits per heavy atom. The van der Waals surface area contributed by atoms with E-state index in [1.807, 2.05) is 18.2 Å². The Morgan fingerprint density at radius 1 is 1.21 bits per heavy atom. The van der Waals surface area contributed by atoms with E-state index in [9.17, 15) is 9.59 Å². The Hall–Kier alpha value is -3.19. The van der Waals surface area contributed by atoms with Crippen molar-refractivity contribution in [2.45, 2.75) is 25.5 Å². The first-order valence-corrected chi connectivity index (χ1v) is 9.28. The summed E-state index contributed by atoms with van der Waals surface area (Å²) in [5.41, 5.74) is 0.924. The molecule has 144 valence electrons. The molecule has 1 aromatic heterocycles. The molecule has 1 unspecified atom stereocenters. The van der Waals surface area contributed by atoms with Crippen LogP contribution in [0.3, 0.4) is 0 Å². The number of ether oxygens (including phenoxy) is 2. The lowest BCUT2D eigenvalue weighted by molar-refractivity contribution is -0.116. The molecule has 28 heavy (non-hydrogen) atoms. The van der Waals surface area contributed by atoms with E-state index in [0.717, 1.165) is 19.4 Å². The summed E-state index contributed by atoms with van der Waals surface area (Å²) in [6.07, 6.45) is 3.50. The normalized spacial score (nSPS) is 16.2. The second kappa shape index (κ2) is 8.22. The van der Waals surface area contributed by atoms with Gasteiger partial charge in [0, 0.05) is 6.61 Å². The highest BCUT2D eigenvalue weighted by atomic mass is 16.5. The number of nitrogens with zero attached hydrogens (tertiary/aromatic N) is 2. The predicted octanol–water partition coefficient (Wildman–Crippen LogP) is 2.59. The smallest absolute Gasteiger partial charge is 0.261 e. The summed E-state index contributed by atoms with van der Waals surface area (Å²) >= 11 is 0. The maximum atomic E-state index is 12.5. The first-order valence-electron chi connectivity index (χ1n) is 9.28. The Kier molecular flexibility index (Phi) is 5.34. The molecule has 0 saturated carbocycles. The molecule has 7 nitrogen and oxygen atoms in total. The average Bonchev–Trinajstić information content (AvgIpc) is 3.23. The van der Waals surface area contributed by atoms with Crippen LogP contribution in [0.25, 0.3) is 10.9 Å². The molecule has 1 aliphatic rings. The fraction of sp³-hybridized carbons (Fsp3) is 0.286. The molecule has 7 heteroatoms. The van der Waals surface area contributed by atoms with Crippen molar-refractivity contribution in [3.63, 3.8) is 0 Å². The van der Waals surface area contributed by atoms with E-state index in [0.29, 0.717) is 28.9 Å². The van der Waals surface area contributed by atoms with Crippen molar-refractivity contribution >= 4 is 22.5 Å². The highest BCUT2D eigenvalue weighted by Crippen LogP contribution is 2.25. The fourth-order valence-corrected chi connectivity index (χ4v) is 3.22. The van der Waals surface area contributed by atoms with Crippen LogP contribution in [0.1, 0.15) is 12.8 Å². The largest absolute Gasteiger partial charge is 0.489 e. The molecule has 0 bridgehead atoms. The summed E-state index contributed by atoms with van der Waals surface area (Å²) < 4.78 is 12.7. The Labute approximate surface area is 161 Å². The summed E-state index contributed by atoms with van der Waals surface area (Å²) in [6.45, 7) is 1.08. The van der Waals surface area contributed by atoms with Crippen LogP contribution in [0.2, 0.25) is 0 Å². The van der Waals surface area contributed by atoms with E-state index < -0.39 is 0 Å². The molecule has 0 spiro atoms. The van der Waals surface area contributed by atoms with Gasteiger partial charge < -0.3 is 14.8 Å². The standard InChI is InChI=1S/C21H21N3O4/c25-20(12-24-14-22-17-8-2-1-7-16(17)21(24)26)23-18-9-3-4-10-19(18)28-13-15-6-5-11-27-15/h1-4,7-10,14-15H,5-6,11-13H2,(H,23,25). The molecule has 4 rings (SSSR count). The zero-order chi connectivity index (χ0) is 19.3. The van der Waals surface area contributed by atoms with E-state index in [-0.39, 0.29) is 24.1 Å². The zero-order valence-electron chi connectivity index (χ0n) is 15.3. The van der Waals surface area contributed by atoms with Crippen LogP contribution in [-0.2, 0) is 16.1 Å². The topological polar surface area (TPSA) is 82.5 Å². The third kappa shape index (κ3) is 4.04. The number of rotatable bonds is 6. The molecule has 2 heterocycles. The van der Waals surface area contributed by atoms with Crippen molar-refractivity contribution < 1.29 is 14.3 Å². The maximum Gasteiger partial charge on any atom is 0.261 e. The number of benzene rings is 2. The van der Waals surface area contributed by atoms with Gasteiger partial charge in [-0.25, -0.2) is 4.98 Å². The second-order valence-electron chi connectivity index (χ2n) is 6.69. The maximum absolute atomic E-state index is 12.5. The highest BCUT2D eigenvalue weighted by molar-refractivity contribution is 5.92. The second-order valence-corrected chi connectivity index (χ2v) is 6.69. The molecular formula is C21H21N3O4. The zero-order valence-corrected chi connectivity index (χ0v) is 15.3. The van der Waals surface area contributed by atoms with Crippen molar-refractivity contribution in [3.05, 3.63) is 65.2 Å². The lowest BCUT2D eigenvalue weighted by atomic mass is 10.2.